The lowest BCUT2D eigenvalue weighted by molar-refractivity contribution is -0.122. The number of hydrogen-bond donors (Lipinski definition) is 3. The van der Waals surface area contributed by atoms with Crippen LogP contribution in [-0.2, 0) is 24.3 Å². The molecule has 3 amide bonds. The van der Waals surface area contributed by atoms with E-state index in [1.54, 1.807) is 57.2 Å². The van der Waals surface area contributed by atoms with E-state index < -0.39 is 39.6 Å². The lowest BCUT2D eigenvalue weighted by Crippen LogP contribution is -2.49. The molecule has 0 aliphatic rings. The van der Waals surface area contributed by atoms with Gasteiger partial charge in [0.2, 0.25) is 5.91 Å². The number of carbonyl (C=O) groups is 3. The molecule has 0 heterocycles. The molecule has 32 heavy (non-hydrogen) atoms. The lowest BCUT2D eigenvalue weighted by Gasteiger charge is -2.23. The van der Waals surface area contributed by atoms with E-state index >= 15 is 0 Å². The van der Waals surface area contributed by atoms with Crippen LogP contribution in [0.25, 0.3) is 0 Å². The molecule has 2 aromatic rings. The molecule has 0 bridgehead atoms. The summed E-state index contributed by atoms with van der Waals surface area (Å²) in [4.78, 5) is 37.0. The monoisotopic (exact) mass is 461 g/mol. The average molecular weight is 462 g/mol. The van der Waals surface area contributed by atoms with E-state index in [4.69, 9.17) is 4.74 Å². The number of sulfonamides is 1. The molecule has 0 saturated heterocycles. The molecule has 0 aliphatic heterocycles. The Morgan fingerprint density at radius 1 is 0.938 bits per heavy atom. The van der Waals surface area contributed by atoms with Crippen LogP contribution in [0.5, 0.6) is 0 Å². The number of benzene rings is 2. The van der Waals surface area contributed by atoms with Crippen molar-refractivity contribution in [3.8, 4) is 0 Å². The van der Waals surface area contributed by atoms with Crippen molar-refractivity contribution < 1.29 is 27.5 Å². The normalized spacial score (nSPS) is 12.3. The number of anilines is 1. The van der Waals surface area contributed by atoms with Crippen molar-refractivity contribution in [1.29, 1.82) is 0 Å². The van der Waals surface area contributed by atoms with E-state index in [9.17, 15) is 22.8 Å². The summed E-state index contributed by atoms with van der Waals surface area (Å²) < 4.78 is 32.1. The predicted molar refractivity (Wildman–Crippen MR) is 119 cm³/mol. The van der Waals surface area contributed by atoms with Gasteiger partial charge in [0.1, 0.15) is 11.6 Å². The lowest BCUT2D eigenvalue weighted by atomic mass is 10.1. The van der Waals surface area contributed by atoms with Gasteiger partial charge in [-0.25, -0.2) is 17.9 Å². The zero-order valence-electron chi connectivity index (χ0n) is 18.1. The van der Waals surface area contributed by atoms with Crippen molar-refractivity contribution in [2.75, 3.05) is 5.32 Å². The molecule has 0 spiro atoms. The van der Waals surface area contributed by atoms with Crippen molar-refractivity contribution in [2.24, 2.45) is 0 Å². The highest BCUT2D eigenvalue weighted by Crippen LogP contribution is 2.12. The molecule has 1 atom stereocenters. The Hall–Kier alpha value is -3.40. The van der Waals surface area contributed by atoms with E-state index in [0.29, 0.717) is 5.69 Å². The Kier molecular flexibility index (Phi) is 8.36. The molecule has 2 rings (SSSR count). The van der Waals surface area contributed by atoms with Gasteiger partial charge in [-0.05, 0) is 51.5 Å². The highest BCUT2D eigenvalue weighted by Gasteiger charge is 2.28. The van der Waals surface area contributed by atoms with Crippen molar-refractivity contribution in [3.63, 3.8) is 0 Å². The maximum Gasteiger partial charge on any atom is 0.408 e. The minimum absolute atomic E-state index is 0.105. The fraction of sp³-hybridized carbons (Fsp3) is 0.318. The summed E-state index contributed by atoms with van der Waals surface area (Å²) in [5, 5.41) is 5.02. The summed E-state index contributed by atoms with van der Waals surface area (Å²) in [5.41, 5.74) is -0.253. The van der Waals surface area contributed by atoms with Crippen molar-refractivity contribution in [3.05, 3.63) is 60.7 Å². The van der Waals surface area contributed by atoms with Gasteiger partial charge >= 0.3 is 6.09 Å². The van der Waals surface area contributed by atoms with Gasteiger partial charge in [-0.3, -0.25) is 9.59 Å². The Morgan fingerprint density at radius 3 is 2.06 bits per heavy atom. The average Bonchev–Trinajstić information content (AvgIpc) is 2.70. The quantitative estimate of drug-likeness (QED) is 0.554. The van der Waals surface area contributed by atoms with Crippen LogP contribution in [0.15, 0.2) is 65.6 Å². The van der Waals surface area contributed by atoms with Gasteiger partial charge < -0.3 is 15.4 Å². The maximum atomic E-state index is 12.7. The molecule has 0 saturated carbocycles. The van der Waals surface area contributed by atoms with E-state index in [2.05, 4.69) is 10.6 Å². The first-order valence-electron chi connectivity index (χ1n) is 9.92. The number of carbonyl (C=O) groups excluding carboxylic acids is 3. The zero-order valence-corrected chi connectivity index (χ0v) is 18.9. The van der Waals surface area contributed by atoms with Crippen molar-refractivity contribution in [2.45, 2.75) is 50.2 Å². The van der Waals surface area contributed by atoms with E-state index in [1.807, 2.05) is 4.72 Å². The van der Waals surface area contributed by atoms with E-state index in [-0.39, 0.29) is 17.7 Å². The standard InChI is InChI=1S/C22H27N3O6S/c1-22(2,3)31-21(28)24-18(14-15-19(26)23-16-10-6-4-7-11-16)20(27)25-32(29,30)17-12-8-5-9-13-17/h4-13,18H,14-15H2,1-3H3,(H,23,26)(H,24,28)(H,25,27)/t18-/m0/s1. The number of para-hydroxylation sites is 1. The first-order valence-corrected chi connectivity index (χ1v) is 11.4. The van der Waals surface area contributed by atoms with Crippen molar-refractivity contribution in [1.82, 2.24) is 10.0 Å². The summed E-state index contributed by atoms with van der Waals surface area (Å²) in [7, 11) is -4.15. The largest absolute Gasteiger partial charge is 0.444 e. The van der Waals surface area contributed by atoms with Gasteiger partial charge in [0.25, 0.3) is 15.9 Å². The fourth-order valence-electron chi connectivity index (χ4n) is 2.60. The molecule has 0 unspecified atom stereocenters. The summed E-state index contributed by atoms with van der Waals surface area (Å²) in [5.74, 6) is -1.38. The Bertz CT molecular complexity index is 1030. The smallest absolute Gasteiger partial charge is 0.408 e. The van der Waals surface area contributed by atoms with E-state index in [1.165, 1.54) is 24.3 Å². The summed E-state index contributed by atoms with van der Waals surface area (Å²) >= 11 is 0. The van der Waals surface area contributed by atoms with Gasteiger partial charge in [-0.15, -0.1) is 0 Å². The third-order valence-corrected chi connectivity index (χ3v) is 5.38. The first kappa shape index (κ1) is 24.9. The molecule has 0 aliphatic carbocycles. The summed E-state index contributed by atoms with van der Waals surface area (Å²) in [6.45, 7) is 4.94. The third-order valence-electron chi connectivity index (χ3n) is 4.01. The second-order valence-electron chi connectivity index (χ2n) is 7.93. The number of amides is 3. The van der Waals surface area contributed by atoms with E-state index in [0.717, 1.165) is 0 Å². The molecule has 9 nitrogen and oxygen atoms in total. The van der Waals surface area contributed by atoms with Crippen LogP contribution in [-0.4, -0.2) is 38.0 Å². The Balaban J connectivity index is 2.09. The number of hydrogen-bond acceptors (Lipinski definition) is 6. The topological polar surface area (TPSA) is 131 Å². The molecular weight excluding hydrogens is 434 g/mol. The van der Waals surface area contributed by atoms with Crippen LogP contribution in [0.4, 0.5) is 10.5 Å². The second kappa shape index (κ2) is 10.8. The number of rotatable bonds is 8. The summed E-state index contributed by atoms with van der Waals surface area (Å²) in [6, 6.07) is 14.7. The van der Waals surface area contributed by atoms with Gasteiger partial charge in [0.15, 0.2) is 0 Å². The zero-order chi connectivity index (χ0) is 23.8. The van der Waals surface area contributed by atoms with Crippen LogP contribution in [0.2, 0.25) is 0 Å². The Morgan fingerprint density at radius 2 is 1.50 bits per heavy atom. The molecule has 10 heteroatoms. The summed E-state index contributed by atoms with van der Waals surface area (Å²) in [6.07, 6.45) is -1.19. The van der Waals surface area contributed by atoms with Crippen molar-refractivity contribution >= 4 is 33.6 Å². The second-order valence-corrected chi connectivity index (χ2v) is 9.62. The number of nitrogens with one attached hydrogen (secondary N) is 3. The molecule has 0 radical (unpaired) electrons. The van der Waals surface area contributed by atoms with Crippen LogP contribution in [0, 0.1) is 0 Å². The van der Waals surface area contributed by atoms with Crippen LogP contribution >= 0.6 is 0 Å². The van der Waals surface area contributed by atoms with Gasteiger partial charge in [-0.2, -0.15) is 0 Å². The Labute approximate surface area is 187 Å². The van der Waals surface area contributed by atoms with Crippen LogP contribution in [0.1, 0.15) is 33.6 Å². The molecule has 0 aromatic heterocycles. The molecule has 3 N–H and O–H groups in total. The minimum atomic E-state index is -4.15. The van der Waals surface area contributed by atoms with Crippen LogP contribution < -0.4 is 15.4 Å². The maximum absolute atomic E-state index is 12.7. The number of ether oxygens (including phenoxy) is 1. The fourth-order valence-corrected chi connectivity index (χ4v) is 3.64. The predicted octanol–water partition coefficient (Wildman–Crippen LogP) is 2.80. The minimum Gasteiger partial charge on any atom is -0.444 e. The van der Waals surface area contributed by atoms with Gasteiger partial charge in [-0.1, -0.05) is 36.4 Å². The van der Waals surface area contributed by atoms with Gasteiger partial charge in [0.05, 0.1) is 4.90 Å². The molecule has 172 valence electrons. The molecular formula is C22H27N3O6S. The third kappa shape index (κ3) is 8.38. The molecule has 0 fully saturated rings. The SMILES string of the molecule is CC(C)(C)OC(=O)N[C@@H](CCC(=O)Nc1ccccc1)C(=O)NS(=O)(=O)c1ccccc1. The number of alkyl carbamates (subject to hydrolysis) is 1. The molecule has 2 aromatic carbocycles. The highest BCUT2D eigenvalue weighted by molar-refractivity contribution is 7.90. The van der Waals surface area contributed by atoms with Crippen LogP contribution in [0.3, 0.4) is 0 Å². The highest BCUT2D eigenvalue weighted by atomic mass is 32.2. The first-order chi connectivity index (χ1) is 15.0. The van der Waals surface area contributed by atoms with Gasteiger partial charge in [0, 0.05) is 12.1 Å².